The van der Waals surface area contributed by atoms with Crippen LogP contribution in [-0.4, -0.2) is 167 Å². The molecule has 1 aliphatic carbocycles. The van der Waals surface area contributed by atoms with Gasteiger partial charge in [-0.1, -0.05) is 134 Å². The number of aliphatic imine (C=N–C) groups is 2. The summed E-state index contributed by atoms with van der Waals surface area (Å²) in [4.78, 5) is 123. The van der Waals surface area contributed by atoms with E-state index in [1.54, 1.807) is 165 Å². The number of hydrazine groups is 2. The van der Waals surface area contributed by atoms with Crippen LogP contribution in [0.25, 0.3) is 23.1 Å². The number of H-pyrrole nitrogens is 1. The predicted octanol–water partition coefficient (Wildman–Crippen LogP) is 10.9. The number of likely N-dealkylation sites (N-methyl/N-ethyl adjacent to an activating group) is 2. The zero-order valence-electron chi connectivity index (χ0n) is 73.5. The van der Waals surface area contributed by atoms with Crippen LogP contribution in [0.5, 0.6) is 0 Å². The molecule has 2 unspecified atom stereocenters. The molecule has 0 amide bonds. The van der Waals surface area contributed by atoms with Crippen molar-refractivity contribution in [2.75, 3.05) is 57.7 Å². The van der Waals surface area contributed by atoms with E-state index in [1.165, 1.54) is 67.4 Å². The molecular weight excluding hydrogens is 1760 g/mol. The summed E-state index contributed by atoms with van der Waals surface area (Å²) in [6.45, 7) is 8.73. The van der Waals surface area contributed by atoms with Crippen LogP contribution in [0.4, 0.5) is 28.4 Å². The number of imidazole rings is 1. The summed E-state index contributed by atoms with van der Waals surface area (Å²) < 4.78 is 11.9. The van der Waals surface area contributed by atoms with E-state index in [-0.39, 0.29) is 69.2 Å². The SMILES string of the molecule is Brc1ccccn1.CC(=O)c1cnc2c(N(C)Cc3ccccc3)cc(Cl)nn12.CCCNC.CCOC(=O)C1=CNC2C(N(C)Cc3ccccc3)=CC(=Nc3cccn(-c4ccccn4)c3=O)NN12.CN(Cc1ccccc1)C1=CC(=Nc2cccn(-c3ccccn3)c2=O)NN2C(C(=O)O)=CNC12.NC1CC1.Nc1ccc[nH]c1=O.Nc1cccn(-c2ccccn2)c1=O. The lowest BCUT2D eigenvalue weighted by atomic mass is 10.1. The molecule has 3 aromatic carbocycles. The molecule has 18 rings (SSSR count). The molecule has 0 spiro atoms. The number of amidine groups is 2. The highest BCUT2D eigenvalue weighted by Gasteiger charge is 2.40. The topological polar surface area (TPSA) is 440 Å². The number of hydrogen-bond acceptors (Lipinski definition) is 27. The number of benzene rings is 3. The number of esters is 1. The van der Waals surface area contributed by atoms with Gasteiger partial charge in [0, 0.05) is 134 Å². The number of ketones is 1. The number of halogens is 2. The molecule has 14 heterocycles. The third-order valence-corrected chi connectivity index (χ3v) is 20.2. The number of nitrogens with two attached hydrogens (primary N) is 3. The molecule has 2 atom stereocenters. The maximum Gasteiger partial charge on any atom is 0.358 e. The number of nitrogens with zero attached hydrogens (tertiary/aromatic N) is 17. The summed E-state index contributed by atoms with van der Waals surface area (Å²) in [7, 11) is 7.82. The van der Waals surface area contributed by atoms with Gasteiger partial charge in [-0.3, -0.25) is 48.5 Å². The molecule has 0 saturated heterocycles. The van der Waals surface area contributed by atoms with Gasteiger partial charge in [0.1, 0.15) is 50.8 Å². The molecule has 4 aliphatic heterocycles. The van der Waals surface area contributed by atoms with Crippen LogP contribution in [0, 0.1) is 0 Å². The average molecular weight is 1870 g/mol. The van der Waals surface area contributed by atoms with Crippen molar-refractivity contribution in [3.8, 4) is 17.5 Å². The summed E-state index contributed by atoms with van der Waals surface area (Å²) in [6.07, 6.45) is 24.3. The van der Waals surface area contributed by atoms with Crippen molar-refractivity contribution in [2.45, 2.75) is 78.0 Å². The van der Waals surface area contributed by atoms with Gasteiger partial charge in [-0.2, -0.15) is 5.10 Å². The lowest BCUT2D eigenvalue weighted by Crippen LogP contribution is -2.55. The molecule has 13 aromatic rings. The van der Waals surface area contributed by atoms with Crippen LogP contribution < -0.4 is 71.1 Å². The van der Waals surface area contributed by atoms with Gasteiger partial charge in [-0.05, 0) is 169 Å². The van der Waals surface area contributed by atoms with E-state index in [0.717, 1.165) is 39.4 Å². The van der Waals surface area contributed by atoms with Crippen LogP contribution in [0.15, 0.2) is 355 Å². The molecule has 37 heteroatoms. The minimum atomic E-state index is -1.09. The Balaban J connectivity index is 0.000000161. The summed E-state index contributed by atoms with van der Waals surface area (Å²) >= 11 is 9.31. The molecule has 132 heavy (non-hydrogen) atoms. The van der Waals surface area contributed by atoms with Gasteiger partial charge in [-0.25, -0.2) is 59.0 Å². The number of nitrogens with one attached hydrogen (secondary N) is 6. The molecule has 35 nitrogen and oxygen atoms in total. The fourth-order valence-corrected chi connectivity index (χ4v) is 13.4. The first-order valence-corrected chi connectivity index (χ1v) is 43.0. The number of anilines is 3. The van der Waals surface area contributed by atoms with Gasteiger partial charge in [0.05, 0.1) is 41.3 Å². The van der Waals surface area contributed by atoms with Crippen molar-refractivity contribution in [2.24, 2.45) is 15.7 Å². The van der Waals surface area contributed by atoms with Crippen LogP contribution >= 0.6 is 27.5 Å². The molecule has 10 aromatic heterocycles. The van der Waals surface area contributed by atoms with E-state index in [1.807, 2.05) is 147 Å². The second-order valence-electron chi connectivity index (χ2n) is 29.5. The summed E-state index contributed by atoms with van der Waals surface area (Å²) in [6, 6.07) is 67.4. The van der Waals surface area contributed by atoms with Crippen LogP contribution in [0.1, 0.15) is 67.2 Å². The Kier molecular flexibility index (Phi) is 35.4. The van der Waals surface area contributed by atoms with Crippen LogP contribution in [-0.2, 0) is 34.0 Å². The van der Waals surface area contributed by atoms with E-state index in [2.05, 4.69) is 124 Å². The van der Waals surface area contributed by atoms with Crippen molar-refractivity contribution in [3.05, 3.63) is 395 Å². The molecule has 13 N–H and O–H groups in total. The normalized spacial score (nSPS) is 14.5. The minimum absolute atomic E-state index is 0.0420. The Hall–Kier alpha value is -15.9. The number of fused-ring (bicyclic) bond motifs is 3. The summed E-state index contributed by atoms with van der Waals surface area (Å²) in [5.74, 6) is 0.647. The standard InChI is InChI=1S/C27H27N7O3.C25H23N7O3.C16H15ClN4O.C10H9N3O.C5H4BrN.C5H6N2O.C4H11N.C3H7N/c1-3-37-27(36)22-17-29-25-21(32(2)18-19-10-5-4-6-11-19)16-23(31-34(22)25)30-20-12-9-15-33(26(20)35)24-13-7-8-14-28-24;1-30(16-17-8-3-2-4-9-17)19-14-21(29-32-20(25(34)35)15-27-23(19)32)28-18-10-7-13-31(24(18)33)22-11-5-6-12-26-22;1-11(22)14-9-18-16-13(8-15(17)19-21(14)16)20(2)10-12-6-4-3-5-7-12;11-8-4-3-7-13(10(8)14)9-5-1-2-6-12-9;6-5-3-1-2-4-7-5;6-4-2-1-3-7-5(4)8;1-3-4-5-2;4-3-1-2-3/h4-17,25,29H,3,18H2,1-2H3,(H,30,31);2-15,23,27H,16H2,1H3,(H,28,29)(H,34,35);3-9H,10H2,1-2H3;1-7H,11H2;1-4H;1-3H,6H2,(H,7,8);5H,3-4H2,1-2H3;3H,1-2,4H2. The predicted molar refractivity (Wildman–Crippen MR) is 516 cm³/mol. The second-order valence-corrected chi connectivity index (χ2v) is 30.7. The van der Waals surface area contributed by atoms with Gasteiger partial charge in [-0.15, -0.1) is 0 Å². The number of carbonyl (C=O) groups is 3. The lowest BCUT2D eigenvalue weighted by molar-refractivity contribution is -0.140. The van der Waals surface area contributed by atoms with E-state index in [4.69, 9.17) is 33.5 Å². The number of hydrogen-bond donors (Lipinski definition) is 10. The highest BCUT2D eigenvalue weighted by atomic mass is 79.9. The Labute approximate surface area is 774 Å². The maximum absolute atomic E-state index is 13.2. The first-order chi connectivity index (χ1) is 63.9. The number of nitrogen functional groups attached to an aromatic ring is 2. The molecular formula is C95H102BrClN26O9. The minimum Gasteiger partial charge on any atom is -0.476 e. The van der Waals surface area contributed by atoms with E-state index in [9.17, 15) is 38.7 Å². The van der Waals surface area contributed by atoms with Crippen LogP contribution in [0.2, 0.25) is 5.15 Å². The van der Waals surface area contributed by atoms with Crippen molar-refractivity contribution in [1.29, 1.82) is 0 Å². The van der Waals surface area contributed by atoms with Crippen LogP contribution in [0.3, 0.4) is 0 Å². The molecule has 0 radical (unpaired) electrons. The number of Topliss-reactive ketones (excluding diaryl/α,β-unsaturated/α-hetero) is 1. The number of aliphatic carboxylic acids is 1. The number of ether oxygens (including phenoxy) is 1. The Morgan fingerprint density at radius 2 is 1.01 bits per heavy atom. The maximum atomic E-state index is 13.2. The highest BCUT2D eigenvalue weighted by molar-refractivity contribution is 9.10. The lowest BCUT2D eigenvalue weighted by Gasteiger charge is -2.38. The van der Waals surface area contributed by atoms with Crippen molar-refractivity contribution >= 4 is 91.0 Å². The Morgan fingerprint density at radius 1 is 0.568 bits per heavy atom. The van der Waals surface area contributed by atoms with Gasteiger partial charge < -0.3 is 62.7 Å². The number of carboxylic acids is 1. The zero-order chi connectivity index (χ0) is 94.0. The number of aromatic nitrogens is 11. The fourth-order valence-electron chi connectivity index (χ4n) is 12.9. The first kappa shape index (κ1) is 96.7. The van der Waals surface area contributed by atoms with Gasteiger partial charge in [0.15, 0.2) is 40.3 Å². The quantitative estimate of drug-likeness (QED) is 0.0192. The van der Waals surface area contributed by atoms with E-state index < -0.39 is 18.1 Å². The van der Waals surface area contributed by atoms with E-state index in [0.29, 0.717) is 77.0 Å². The van der Waals surface area contributed by atoms with Crippen molar-refractivity contribution in [3.63, 3.8) is 0 Å². The number of pyridine rings is 8. The number of aromatic amines is 1. The summed E-state index contributed by atoms with van der Waals surface area (Å²) in [5.41, 5.74) is 29.2. The Morgan fingerprint density at radius 3 is 1.39 bits per heavy atom. The van der Waals surface area contributed by atoms with Crippen molar-refractivity contribution in [1.82, 2.24) is 99.8 Å². The first-order valence-electron chi connectivity index (χ1n) is 41.8. The van der Waals surface area contributed by atoms with Crippen molar-refractivity contribution < 1.29 is 24.2 Å². The number of carboxylic acid groups (broad SMARTS) is 1. The largest absolute Gasteiger partial charge is 0.476 e. The zero-order valence-corrected chi connectivity index (χ0v) is 75.8. The Bertz CT molecular complexity index is 6460. The number of rotatable bonds is 20. The molecule has 5 aliphatic rings. The van der Waals surface area contributed by atoms with Gasteiger partial charge in [0.2, 0.25) is 0 Å². The van der Waals surface area contributed by atoms with Gasteiger partial charge in [0.25, 0.3) is 22.2 Å². The average Bonchev–Trinajstić information content (AvgIpc) is 1.59. The molecule has 0 bridgehead atoms. The smallest absolute Gasteiger partial charge is 0.358 e. The molecule has 1 saturated carbocycles. The molecule has 1 fully saturated rings. The molecule has 680 valence electrons. The summed E-state index contributed by atoms with van der Waals surface area (Å²) in [5, 5.41) is 26.7. The second kappa shape index (κ2) is 48.3. The monoisotopic (exact) mass is 1860 g/mol. The third-order valence-electron chi connectivity index (χ3n) is 19.6. The van der Waals surface area contributed by atoms with Gasteiger partial charge >= 0.3 is 11.9 Å². The number of carbonyl (C=O) groups excluding carboxylic acids is 2. The third kappa shape index (κ3) is 27.1. The van der Waals surface area contributed by atoms with E-state index >= 15 is 0 Å². The fraction of sp³-hybridized carbons (Fsp3) is 0.189. The highest BCUT2D eigenvalue weighted by Crippen LogP contribution is 2.30.